The average Bonchev–Trinajstić information content (AvgIpc) is 1.51. The van der Waals surface area contributed by atoms with Crippen LogP contribution >= 0.6 is 31.9 Å². The predicted octanol–water partition coefficient (Wildman–Crippen LogP) is 13.4. The maximum Gasteiger partial charge on any atom is 1.00 e. The third kappa shape index (κ3) is 16.5. The number of Topliss-reactive ketones (excluding diaryl/α,β-unsaturated/α-hetero) is 4. The number of fused-ring (bicyclic) bond motifs is 20. The number of carbonyl (C=O) groups excluding carboxylic acids is 5. The van der Waals surface area contributed by atoms with Gasteiger partial charge in [-0.15, -0.1) is 0 Å². The van der Waals surface area contributed by atoms with Crippen LogP contribution in [0.25, 0.3) is 0 Å². The summed E-state index contributed by atoms with van der Waals surface area (Å²) in [6.45, 7) is 17.1. The standard InChI is InChI=1S/2C21H33BrO2.2C21H34O3.C2HF3O2.Na/c4*1-20(24)9-7-14-13(11-20)3-4-16-15(14)8-10-21(2)17(16)5-6-18(21)19(23)12-22;3-2(4,5)1(6)7;/h2*13-18,24H,3-12H2,1-2H3;2*13-18,22,24H,3-12H2,1-2H3;(H,6,7);/q;;;;;+1/p-1/t13-,14-,15+,16+,17-,18+,20+,21-;13-,14-,15+,16+,17-,18+,20-,21-;13-,14-,15+,16+,17-,18+,20+,21-;13-,14-,15+,16+,17-,18+,20-,21-;;/m0000../s1. The number of alkyl halides is 5. The number of hydrogen-bond acceptors (Lipinski definition) is 12. The van der Waals surface area contributed by atoms with E-state index in [1.54, 1.807) is 0 Å². The molecule has 16 fully saturated rings. The molecule has 0 aromatic heterocycles. The second-order valence-electron chi connectivity index (χ2n) is 40.6. The Morgan fingerprint density at radius 1 is 0.327 bits per heavy atom. The maximum atomic E-state index is 12.5. The molecule has 586 valence electrons. The molecule has 0 unspecified atom stereocenters. The van der Waals surface area contributed by atoms with E-state index in [0.717, 1.165) is 196 Å². The second kappa shape index (κ2) is 32.5. The Morgan fingerprint density at radius 3 is 0.721 bits per heavy atom. The van der Waals surface area contributed by atoms with Crippen molar-refractivity contribution in [2.24, 2.45) is 164 Å². The summed E-state index contributed by atoms with van der Waals surface area (Å²) in [5, 5.41) is 70.5. The van der Waals surface area contributed by atoms with Crippen molar-refractivity contribution in [3.63, 3.8) is 0 Å². The number of carboxylic acids is 1. The Morgan fingerprint density at radius 2 is 0.529 bits per heavy atom. The molecule has 12 nitrogen and oxygen atoms in total. The number of carboxylic acid groups (broad SMARTS) is 1. The number of aliphatic hydroxyl groups is 6. The van der Waals surface area contributed by atoms with E-state index in [1.807, 2.05) is 27.7 Å². The molecule has 0 spiro atoms. The summed E-state index contributed by atoms with van der Waals surface area (Å²) in [7, 11) is 0. The van der Waals surface area contributed by atoms with Gasteiger partial charge in [0.15, 0.2) is 11.6 Å². The molecule has 6 N–H and O–H groups in total. The Kier molecular flexibility index (Phi) is 26.4. The SMILES string of the molecule is C[C@@]1(O)CC[C@H]2[C@@H](CC[C@@H]3[C@@H]2CC[C@]2(C)[C@@H](C(=O)CBr)CC[C@@H]32)C1.C[C@@]1(O)CC[C@H]2[C@@H](CC[C@@H]3[C@@H]2CC[C@]2(C)[C@@H](C(=O)CO)CC[C@@H]32)C1.C[C@]1(O)CC[C@H]2[C@@H](CC[C@@H]3[C@@H]2CC[C@]2(C)[C@@H](C(=O)CBr)CC[C@@H]32)C1.C[C@]1(O)CC[C@H]2[C@@H](CC[C@@H]3[C@@H]2CC[C@]2(C)[C@@H](C(=O)CO)CC[C@@H]32)C1.O=C([O-])C(F)(F)F.[Na+]. The molecule has 0 bridgehead atoms. The molecule has 104 heavy (non-hydrogen) atoms. The van der Waals surface area contributed by atoms with Gasteiger partial charge in [0.05, 0.1) is 33.1 Å². The van der Waals surface area contributed by atoms with Crippen LogP contribution in [0.15, 0.2) is 0 Å². The quantitative estimate of drug-likeness (QED) is 0.0985. The number of aliphatic carboxylic acids is 1. The molecule has 18 heteroatoms. The fourth-order valence-electron chi connectivity index (χ4n) is 30.8. The summed E-state index contributed by atoms with van der Waals surface area (Å²) in [6.07, 6.45) is 37.2. The molecule has 0 aromatic carbocycles. The summed E-state index contributed by atoms with van der Waals surface area (Å²) < 4.78 is 31.5. The van der Waals surface area contributed by atoms with Gasteiger partial charge >= 0.3 is 35.7 Å². The van der Waals surface area contributed by atoms with Gasteiger partial charge in [0.25, 0.3) is 0 Å². The molecular weight excluding hydrogens is 1460 g/mol. The zero-order valence-electron chi connectivity index (χ0n) is 65.2. The summed E-state index contributed by atoms with van der Waals surface area (Å²) in [5.41, 5.74) is -0.928. The molecule has 0 amide bonds. The van der Waals surface area contributed by atoms with Crippen LogP contribution in [0, 0.1) is 164 Å². The van der Waals surface area contributed by atoms with Crippen LogP contribution in [0.4, 0.5) is 13.2 Å². The molecule has 0 radical (unpaired) electrons. The maximum absolute atomic E-state index is 12.5. The first-order valence-corrected chi connectivity index (χ1v) is 44.2. The van der Waals surface area contributed by atoms with E-state index in [9.17, 15) is 63.0 Å². The van der Waals surface area contributed by atoms with Crippen LogP contribution in [0.1, 0.15) is 287 Å². The summed E-state index contributed by atoms with van der Waals surface area (Å²) in [6, 6.07) is 0. The normalized spacial score (nSPS) is 50.5. The number of aliphatic hydroxyl groups excluding tert-OH is 2. The molecule has 0 heterocycles. The minimum absolute atomic E-state index is 0. The third-order valence-corrected chi connectivity index (χ3v) is 36.4. The van der Waals surface area contributed by atoms with Gasteiger partial charge in [0, 0.05) is 23.7 Å². The molecule has 16 saturated carbocycles. The molecule has 0 aliphatic heterocycles. The van der Waals surface area contributed by atoms with Crippen LogP contribution in [0.5, 0.6) is 0 Å². The van der Waals surface area contributed by atoms with Crippen LogP contribution < -0.4 is 34.7 Å². The minimum atomic E-state index is -5.19. The van der Waals surface area contributed by atoms with Crippen LogP contribution in [-0.2, 0) is 24.0 Å². The Bertz CT molecular complexity index is 2670. The van der Waals surface area contributed by atoms with Gasteiger partial charge in [0.2, 0.25) is 0 Å². The van der Waals surface area contributed by atoms with Gasteiger partial charge < -0.3 is 40.5 Å². The van der Waals surface area contributed by atoms with Crippen molar-refractivity contribution < 1.29 is 102 Å². The van der Waals surface area contributed by atoms with Gasteiger partial charge in [-0.3, -0.25) is 19.2 Å². The van der Waals surface area contributed by atoms with Gasteiger partial charge in [-0.2, -0.15) is 13.2 Å². The number of carbonyl (C=O) groups is 5. The molecule has 0 saturated heterocycles. The van der Waals surface area contributed by atoms with Crippen LogP contribution in [-0.4, -0.2) is 112 Å². The van der Waals surface area contributed by atoms with E-state index in [1.165, 1.54) is 141 Å². The molecule has 32 atom stereocenters. The fraction of sp³-hybridized carbons (Fsp3) is 0.942. The van der Waals surface area contributed by atoms with Gasteiger partial charge in [-0.1, -0.05) is 59.6 Å². The zero-order valence-corrected chi connectivity index (χ0v) is 70.3. The van der Waals surface area contributed by atoms with Gasteiger partial charge in [-0.25, -0.2) is 0 Å². The van der Waals surface area contributed by atoms with Gasteiger partial charge in [-0.05, 0) is 399 Å². The smallest absolute Gasteiger partial charge is 0.542 e. The topological polar surface area (TPSA) is 230 Å². The monoisotopic (exact) mass is 1600 g/mol. The van der Waals surface area contributed by atoms with E-state index in [0.29, 0.717) is 45.9 Å². The third-order valence-electron chi connectivity index (χ3n) is 35.3. The predicted molar refractivity (Wildman–Crippen MR) is 398 cm³/mol. The van der Waals surface area contributed by atoms with Crippen molar-refractivity contribution in [1.82, 2.24) is 0 Å². The number of ketones is 4. The van der Waals surface area contributed by atoms with E-state index >= 15 is 0 Å². The van der Waals surface area contributed by atoms with Crippen molar-refractivity contribution in [2.45, 2.75) is 315 Å². The van der Waals surface area contributed by atoms with Crippen LogP contribution in [0.3, 0.4) is 0 Å². The second-order valence-corrected chi connectivity index (χ2v) is 41.8. The summed E-state index contributed by atoms with van der Waals surface area (Å²) >= 11 is 6.83. The van der Waals surface area contributed by atoms with Crippen molar-refractivity contribution in [1.29, 1.82) is 0 Å². The largest absolute Gasteiger partial charge is 1.00 e. The van der Waals surface area contributed by atoms with Crippen molar-refractivity contribution in [3.05, 3.63) is 0 Å². The summed E-state index contributed by atoms with van der Waals surface area (Å²) in [5.74, 6) is 14.6. The van der Waals surface area contributed by atoms with Crippen molar-refractivity contribution in [2.75, 3.05) is 23.9 Å². The average molecular weight is 1600 g/mol. The molecule has 16 rings (SSSR count). The molecule has 16 aliphatic carbocycles. The number of rotatable bonds is 8. The van der Waals surface area contributed by atoms with E-state index in [4.69, 9.17) is 9.90 Å². The first-order valence-electron chi connectivity index (χ1n) is 42.0. The molecule has 16 aliphatic rings. The molecule has 0 aromatic rings. The van der Waals surface area contributed by atoms with Gasteiger partial charge in [0.1, 0.15) is 30.7 Å². The van der Waals surface area contributed by atoms with E-state index in [-0.39, 0.29) is 87.8 Å². The van der Waals surface area contributed by atoms with E-state index in [2.05, 4.69) is 59.6 Å². The van der Waals surface area contributed by atoms with Crippen molar-refractivity contribution in [3.8, 4) is 0 Å². The Balaban J connectivity index is 0.000000134. The summed E-state index contributed by atoms with van der Waals surface area (Å²) in [4.78, 5) is 58.2. The van der Waals surface area contributed by atoms with E-state index < -0.39 is 34.5 Å². The fourth-order valence-corrected chi connectivity index (χ4v) is 31.6. The number of hydrogen-bond donors (Lipinski definition) is 6. The first kappa shape index (κ1) is 84.6. The minimum Gasteiger partial charge on any atom is -0.542 e. The van der Waals surface area contributed by atoms with Crippen LogP contribution in [0.2, 0.25) is 0 Å². The molecular formula is C86H134Br2F3NaO12. The zero-order chi connectivity index (χ0) is 74.5. The number of halogens is 5. The van der Waals surface area contributed by atoms with Crippen molar-refractivity contribution >= 4 is 61.0 Å². The Labute approximate surface area is 661 Å². The first-order chi connectivity index (χ1) is 48.4. The Hall–Kier alpha value is -0.340.